The summed E-state index contributed by atoms with van der Waals surface area (Å²) in [5.74, 6) is 0.704. The first-order valence-corrected chi connectivity index (χ1v) is 13.6. The molecule has 0 aliphatic rings. The van der Waals surface area contributed by atoms with Crippen LogP contribution in [-0.2, 0) is 16.0 Å². The molecule has 3 aromatic rings. The number of carbonyl (C=O) groups is 3. The highest BCUT2D eigenvalue weighted by Gasteiger charge is 2.14. The van der Waals surface area contributed by atoms with Crippen LogP contribution in [0.25, 0.3) is 0 Å². The average Bonchev–Trinajstić information content (AvgIpc) is 2.95. The summed E-state index contributed by atoms with van der Waals surface area (Å²) in [5, 5.41) is 0. The summed E-state index contributed by atoms with van der Waals surface area (Å²) >= 11 is 1.59. The van der Waals surface area contributed by atoms with Gasteiger partial charge in [-0.05, 0) is 92.1 Å². The van der Waals surface area contributed by atoms with Gasteiger partial charge in [-0.25, -0.2) is 14.4 Å². The third kappa shape index (κ3) is 9.04. The van der Waals surface area contributed by atoms with E-state index in [4.69, 9.17) is 18.9 Å². The molecule has 0 amide bonds. The molecule has 0 atom stereocenters. The number of carbonyl (C=O) groups excluding carboxylic acids is 3. The largest absolute Gasteiger partial charge is 0.496 e. The van der Waals surface area contributed by atoms with E-state index in [1.54, 1.807) is 74.3 Å². The fourth-order valence-electron chi connectivity index (χ4n) is 3.37. The second-order valence-corrected chi connectivity index (χ2v) is 9.78. The van der Waals surface area contributed by atoms with Gasteiger partial charge in [0.15, 0.2) is 0 Å². The highest BCUT2D eigenvalue weighted by molar-refractivity contribution is 7.99. The molecule has 3 rings (SSSR count). The molecule has 0 saturated heterocycles. The lowest BCUT2D eigenvalue weighted by Gasteiger charge is -2.11. The summed E-state index contributed by atoms with van der Waals surface area (Å²) in [6.45, 7) is 7.58. The van der Waals surface area contributed by atoms with Crippen molar-refractivity contribution in [1.29, 1.82) is 0 Å². The maximum Gasteiger partial charge on any atom is 0.343 e. The standard InChI is InChI=1S/C31H32O7S/c1-5-22-8-13-25(14-9-22)37-30(33)23-10-15-26(16-11-23)38-31(34)24-12-17-28(27(20-24)35-4)39-19-7-6-18-36-29(32)21(2)3/h8-17,20H,2,5-7,18-19H2,1,3-4H3. The molecule has 0 fully saturated rings. The van der Waals surface area contributed by atoms with Crippen molar-refractivity contribution >= 4 is 29.7 Å². The topological polar surface area (TPSA) is 88.1 Å². The molecular weight excluding hydrogens is 516 g/mol. The zero-order valence-corrected chi connectivity index (χ0v) is 23.2. The normalized spacial score (nSPS) is 10.4. The Morgan fingerprint density at radius 1 is 0.821 bits per heavy atom. The number of ether oxygens (including phenoxy) is 4. The Labute approximate surface area is 233 Å². The lowest BCUT2D eigenvalue weighted by atomic mass is 10.2. The Morgan fingerprint density at radius 2 is 1.41 bits per heavy atom. The predicted octanol–water partition coefficient (Wildman–Crippen LogP) is 6.69. The van der Waals surface area contributed by atoms with Gasteiger partial charge in [-0.2, -0.15) is 0 Å². The third-order valence-electron chi connectivity index (χ3n) is 5.62. The first kappa shape index (κ1) is 29.5. The van der Waals surface area contributed by atoms with Crippen molar-refractivity contribution in [2.24, 2.45) is 0 Å². The fourth-order valence-corrected chi connectivity index (χ4v) is 4.39. The van der Waals surface area contributed by atoms with Crippen molar-refractivity contribution in [3.8, 4) is 17.2 Å². The molecule has 0 saturated carbocycles. The summed E-state index contributed by atoms with van der Waals surface area (Å²) in [6, 6.07) is 18.7. The van der Waals surface area contributed by atoms with Crippen LogP contribution in [0.5, 0.6) is 17.2 Å². The quantitative estimate of drug-likeness (QED) is 0.0768. The van der Waals surface area contributed by atoms with Crippen molar-refractivity contribution in [1.82, 2.24) is 0 Å². The van der Waals surface area contributed by atoms with E-state index in [0.29, 0.717) is 40.6 Å². The summed E-state index contributed by atoms with van der Waals surface area (Å²) in [5.41, 5.74) is 2.22. The van der Waals surface area contributed by atoms with Gasteiger partial charge in [0.25, 0.3) is 0 Å². The van der Waals surface area contributed by atoms with Gasteiger partial charge in [0.1, 0.15) is 17.2 Å². The van der Waals surface area contributed by atoms with Crippen LogP contribution >= 0.6 is 11.8 Å². The lowest BCUT2D eigenvalue weighted by Crippen LogP contribution is -2.10. The van der Waals surface area contributed by atoms with Crippen LogP contribution in [0.4, 0.5) is 0 Å². The molecule has 0 heterocycles. The van der Waals surface area contributed by atoms with Gasteiger partial charge in [-0.3, -0.25) is 0 Å². The Bertz CT molecular complexity index is 1300. The monoisotopic (exact) mass is 548 g/mol. The first-order chi connectivity index (χ1) is 18.8. The highest BCUT2D eigenvalue weighted by atomic mass is 32.2. The van der Waals surface area contributed by atoms with Crippen molar-refractivity contribution < 1.29 is 33.3 Å². The molecule has 3 aromatic carbocycles. The second kappa shape index (κ2) is 14.8. The number of benzene rings is 3. The summed E-state index contributed by atoms with van der Waals surface area (Å²) < 4.78 is 21.4. The number of thioether (sulfide) groups is 1. The maximum atomic E-state index is 12.7. The van der Waals surface area contributed by atoms with Crippen LogP contribution in [0, 0.1) is 0 Å². The molecule has 0 radical (unpaired) electrons. The molecule has 8 heteroatoms. The number of rotatable bonds is 13. The van der Waals surface area contributed by atoms with Crippen molar-refractivity contribution in [3.05, 3.63) is 95.6 Å². The lowest BCUT2D eigenvalue weighted by molar-refractivity contribution is -0.139. The molecule has 0 bridgehead atoms. The van der Waals surface area contributed by atoms with Gasteiger partial charge in [-0.15, -0.1) is 11.8 Å². The Balaban J connectivity index is 1.51. The number of hydrogen-bond donors (Lipinski definition) is 0. The van der Waals surface area contributed by atoms with Crippen molar-refractivity contribution in [3.63, 3.8) is 0 Å². The first-order valence-electron chi connectivity index (χ1n) is 12.6. The van der Waals surface area contributed by atoms with E-state index in [0.717, 1.165) is 35.5 Å². The van der Waals surface area contributed by atoms with E-state index < -0.39 is 11.9 Å². The van der Waals surface area contributed by atoms with E-state index in [-0.39, 0.29) is 5.97 Å². The van der Waals surface area contributed by atoms with Crippen LogP contribution in [0.15, 0.2) is 83.8 Å². The highest BCUT2D eigenvalue weighted by Crippen LogP contribution is 2.31. The fraction of sp³-hybridized carbons (Fsp3) is 0.258. The van der Waals surface area contributed by atoms with Crippen LogP contribution in [0.2, 0.25) is 0 Å². The van der Waals surface area contributed by atoms with E-state index >= 15 is 0 Å². The van der Waals surface area contributed by atoms with Crippen LogP contribution in [0.3, 0.4) is 0 Å². The van der Waals surface area contributed by atoms with E-state index in [2.05, 4.69) is 13.5 Å². The molecule has 0 spiro atoms. The zero-order valence-electron chi connectivity index (χ0n) is 22.4. The number of methoxy groups -OCH3 is 1. The van der Waals surface area contributed by atoms with Gasteiger partial charge < -0.3 is 18.9 Å². The Hall–Kier alpha value is -4.04. The maximum absolute atomic E-state index is 12.7. The molecule has 7 nitrogen and oxygen atoms in total. The second-order valence-electron chi connectivity index (χ2n) is 8.64. The summed E-state index contributed by atoms with van der Waals surface area (Å²) in [6.07, 6.45) is 2.49. The van der Waals surface area contributed by atoms with Gasteiger partial charge in [0.2, 0.25) is 0 Å². The molecular formula is C31H32O7S. The van der Waals surface area contributed by atoms with Gasteiger partial charge >= 0.3 is 17.9 Å². The molecule has 39 heavy (non-hydrogen) atoms. The van der Waals surface area contributed by atoms with Crippen molar-refractivity contribution in [2.45, 2.75) is 38.0 Å². The van der Waals surface area contributed by atoms with Gasteiger partial charge in [0.05, 0.1) is 24.8 Å². The van der Waals surface area contributed by atoms with Crippen LogP contribution < -0.4 is 14.2 Å². The molecule has 204 valence electrons. The molecule has 0 aliphatic carbocycles. The smallest absolute Gasteiger partial charge is 0.343 e. The SMILES string of the molecule is C=C(C)C(=O)OCCCCSc1ccc(C(=O)Oc2ccc(C(=O)Oc3ccc(CC)cc3)cc2)cc1OC. The molecule has 0 aromatic heterocycles. The summed E-state index contributed by atoms with van der Waals surface area (Å²) in [7, 11) is 1.54. The molecule has 0 unspecified atom stereocenters. The average molecular weight is 549 g/mol. The minimum Gasteiger partial charge on any atom is -0.496 e. The minimum atomic E-state index is -0.546. The zero-order chi connectivity index (χ0) is 28.2. The Kier molecular flexibility index (Phi) is 11.2. The summed E-state index contributed by atoms with van der Waals surface area (Å²) in [4.78, 5) is 37.4. The van der Waals surface area contributed by atoms with Crippen molar-refractivity contribution in [2.75, 3.05) is 19.5 Å². The number of esters is 3. The van der Waals surface area contributed by atoms with Crippen LogP contribution in [0.1, 0.15) is 53.0 Å². The van der Waals surface area contributed by atoms with E-state index in [9.17, 15) is 14.4 Å². The molecule has 0 aliphatic heterocycles. The minimum absolute atomic E-state index is 0.300. The third-order valence-corrected chi connectivity index (χ3v) is 6.76. The van der Waals surface area contributed by atoms with E-state index in [1.807, 2.05) is 18.2 Å². The Morgan fingerprint density at radius 3 is 2.00 bits per heavy atom. The number of hydrogen-bond acceptors (Lipinski definition) is 8. The predicted molar refractivity (Wildman–Crippen MR) is 151 cm³/mol. The van der Waals surface area contributed by atoms with Crippen LogP contribution in [-0.4, -0.2) is 37.4 Å². The number of unbranched alkanes of at least 4 members (excludes halogenated alkanes) is 1. The van der Waals surface area contributed by atoms with Gasteiger partial charge in [-0.1, -0.05) is 25.6 Å². The molecule has 0 N–H and O–H groups in total. The van der Waals surface area contributed by atoms with E-state index in [1.165, 1.54) is 0 Å². The number of aryl methyl sites for hydroxylation is 1. The van der Waals surface area contributed by atoms with Gasteiger partial charge in [0, 0.05) is 10.5 Å².